The van der Waals surface area contributed by atoms with Gasteiger partial charge in [0.05, 0.1) is 5.69 Å². The minimum Gasteiger partial charge on any atom is -0.130 e. The predicted molar refractivity (Wildman–Crippen MR) is 84.6 cm³/mol. The second-order valence-electron chi connectivity index (χ2n) is 4.97. The predicted octanol–water partition coefficient (Wildman–Crippen LogP) is 3.57. The van der Waals surface area contributed by atoms with E-state index in [4.69, 9.17) is 0 Å². The number of benzene rings is 2. The summed E-state index contributed by atoms with van der Waals surface area (Å²) in [6.07, 6.45) is 0. The average molecular weight is 296 g/mol. The number of nitrogens with zero attached hydrogens (tertiary/aromatic N) is 4. The quantitative estimate of drug-likeness (QED) is 0.690. The Bertz CT molecular complexity index is 717. The summed E-state index contributed by atoms with van der Waals surface area (Å²) < 4.78 is 0. The molecule has 0 aliphatic carbocycles. The molecule has 0 atom stereocenters. The molecule has 1 aromatic heterocycles. The van der Waals surface area contributed by atoms with E-state index in [2.05, 4.69) is 53.5 Å². The summed E-state index contributed by atoms with van der Waals surface area (Å²) in [6.45, 7) is 4.15. The molecule has 0 amide bonds. The van der Waals surface area contributed by atoms with Gasteiger partial charge >= 0.3 is 0 Å². The summed E-state index contributed by atoms with van der Waals surface area (Å²) in [7, 11) is 0. The lowest BCUT2D eigenvalue weighted by molar-refractivity contribution is 0.716. The van der Waals surface area contributed by atoms with Crippen LogP contribution in [0.1, 0.15) is 16.7 Å². The topological polar surface area (TPSA) is 43.6 Å². The molecule has 0 unspecified atom stereocenters. The van der Waals surface area contributed by atoms with Crippen LogP contribution in [-0.4, -0.2) is 20.2 Å². The monoisotopic (exact) mass is 296 g/mol. The average Bonchev–Trinajstić information content (AvgIpc) is 2.96. The van der Waals surface area contributed by atoms with Crippen molar-refractivity contribution in [3.05, 3.63) is 65.2 Å². The molecule has 3 rings (SSSR count). The van der Waals surface area contributed by atoms with Gasteiger partial charge in [0.25, 0.3) is 0 Å². The lowest BCUT2D eigenvalue weighted by Crippen LogP contribution is -1.98. The molecule has 0 spiro atoms. The second-order valence-corrected chi connectivity index (χ2v) is 5.91. The van der Waals surface area contributed by atoms with Gasteiger partial charge in [0.15, 0.2) is 0 Å². The fraction of sp³-hybridized carbons (Fsp3) is 0.188. The second kappa shape index (κ2) is 6.10. The molecule has 0 fully saturated rings. The standard InChI is InChI=1S/C16H16N4S/c1-12-3-7-14(8-4-12)11-21-16-17-19-20(18-16)15-9-5-13(2)6-10-15/h3-10H,11H2,1-2H3. The van der Waals surface area contributed by atoms with Crippen molar-refractivity contribution >= 4 is 11.8 Å². The SMILES string of the molecule is Cc1ccc(CSc2nnn(-c3ccc(C)cc3)n2)cc1. The Labute approximate surface area is 128 Å². The van der Waals surface area contributed by atoms with Gasteiger partial charge in [-0.3, -0.25) is 0 Å². The van der Waals surface area contributed by atoms with Gasteiger partial charge in [0.2, 0.25) is 5.16 Å². The third kappa shape index (κ3) is 3.49. The van der Waals surface area contributed by atoms with Gasteiger partial charge in [-0.25, -0.2) is 0 Å². The van der Waals surface area contributed by atoms with Crippen molar-refractivity contribution in [2.75, 3.05) is 0 Å². The molecule has 0 radical (unpaired) electrons. The van der Waals surface area contributed by atoms with Crippen molar-refractivity contribution in [3.8, 4) is 5.69 Å². The van der Waals surface area contributed by atoms with E-state index in [-0.39, 0.29) is 0 Å². The highest BCUT2D eigenvalue weighted by Crippen LogP contribution is 2.19. The number of tetrazole rings is 1. The summed E-state index contributed by atoms with van der Waals surface area (Å²) in [5.74, 6) is 0.847. The van der Waals surface area contributed by atoms with E-state index in [1.54, 1.807) is 16.6 Å². The maximum Gasteiger partial charge on any atom is 0.231 e. The third-order valence-corrected chi connectivity index (χ3v) is 4.05. The first kappa shape index (κ1) is 13.8. The molecular weight excluding hydrogens is 280 g/mol. The molecule has 0 saturated heterocycles. The van der Waals surface area contributed by atoms with Crippen molar-refractivity contribution in [2.45, 2.75) is 24.8 Å². The van der Waals surface area contributed by atoms with Crippen molar-refractivity contribution in [2.24, 2.45) is 0 Å². The number of aryl methyl sites for hydroxylation is 2. The first-order chi connectivity index (χ1) is 10.2. The van der Waals surface area contributed by atoms with Gasteiger partial charge in [-0.05, 0) is 36.8 Å². The Kier molecular flexibility index (Phi) is 4.01. The minimum atomic E-state index is 0.691. The van der Waals surface area contributed by atoms with Gasteiger partial charge in [-0.15, -0.1) is 15.0 Å². The lowest BCUT2D eigenvalue weighted by Gasteiger charge is -1.99. The van der Waals surface area contributed by atoms with Crippen molar-refractivity contribution in [1.82, 2.24) is 20.2 Å². The molecule has 1 heterocycles. The number of hydrogen-bond acceptors (Lipinski definition) is 4. The summed E-state index contributed by atoms with van der Waals surface area (Å²) >= 11 is 1.59. The largest absolute Gasteiger partial charge is 0.231 e. The van der Waals surface area contributed by atoms with Crippen molar-refractivity contribution < 1.29 is 0 Å². The van der Waals surface area contributed by atoms with Crippen LogP contribution < -0.4 is 0 Å². The molecule has 3 aromatic rings. The van der Waals surface area contributed by atoms with Crippen LogP contribution in [0.5, 0.6) is 0 Å². The minimum absolute atomic E-state index is 0.691. The molecular formula is C16H16N4S. The van der Waals surface area contributed by atoms with E-state index in [9.17, 15) is 0 Å². The van der Waals surface area contributed by atoms with Gasteiger partial charge in [0.1, 0.15) is 0 Å². The van der Waals surface area contributed by atoms with E-state index >= 15 is 0 Å². The van der Waals surface area contributed by atoms with E-state index in [1.807, 2.05) is 24.3 Å². The van der Waals surface area contributed by atoms with E-state index in [0.29, 0.717) is 5.16 Å². The fourth-order valence-corrected chi connectivity index (χ4v) is 2.60. The zero-order valence-corrected chi connectivity index (χ0v) is 12.8. The van der Waals surface area contributed by atoms with E-state index in [0.717, 1.165) is 11.4 Å². The molecule has 106 valence electrons. The van der Waals surface area contributed by atoms with Gasteiger partial charge in [0, 0.05) is 5.75 Å². The maximum atomic E-state index is 4.40. The molecule has 5 heteroatoms. The zero-order valence-electron chi connectivity index (χ0n) is 12.0. The Morgan fingerprint density at radius 3 is 2.19 bits per heavy atom. The first-order valence-corrected chi connectivity index (χ1v) is 7.75. The molecule has 4 nitrogen and oxygen atoms in total. The number of thioether (sulfide) groups is 1. The maximum absolute atomic E-state index is 4.40. The van der Waals surface area contributed by atoms with Crippen LogP contribution in [0.25, 0.3) is 5.69 Å². The Morgan fingerprint density at radius 2 is 1.52 bits per heavy atom. The van der Waals surface area contributed by atoms with Crippen LogP contribution in [0.15, 0.2) is 53.7 Å². The molecule has 0 aliphatic heterocycles. The van der Waals surface area contributed by atoms with Gasteiger partial charge in [-0.1, -0.05) is 59.3 Å². The van der Waals surface area contributed by atoms with E-state index < -0.39 is 0 Å². The normalized spacial score (nSPS) is 10.8. The number of rotatable bonds is 4. The summed E-state index contributed by atoms with van der Waals surface area (Å²) in [4.78, 5) is 1.57. The van der Waals surface area contributed by atoms with Crippen LogP contribution in [0.2, 0.25) is 0 Å². The third-order valence-electron chi connectivity index (χ3n) is 3.15. The first-order valence-electron chi connectivity index (χ1n) is 6.76. The highest BCUT2D eigenvalue weighted by molar-refractivity contribution is 7.98. The highest BCUT2D eigenvalue weighted by Gasteiger charge is 2.05. The van der Waals surface area contributed by atoms with Crippen LogP contribution in [0.3, 0.4) is 0 Å². The van der Waals surface area contributed by atoms with Crippen LogP contribution >= 0.6 is 11.8 Å². The summed E-state index contributed by atoms with van der Waals surface area (Å²) in [6, 6.07) is 16.6. The summed E-state index contributed by atoms with van der Waals surface area (Å²) in [5.41, 5.74) is 4.67. The Balaban J connectivity index is 1.67. The molecule has 0 N–H and O–H groups in total. The molecule has 2 aromatic carbocycles. The Morgan fingerprint density at radius 1 is 0.905 bits per heavy atom. The Hall–Kier alpha value is -2.14. The highest BCUT2D eigenvalue weighted by atomic mass is 32.2. The van der Waals surface area contributed by atoms with Crippen LogP contribution in [0, 0.1) is 13.8 Å². The van der Waals surface area contributed by atoms with Crippen LogP contribution in [-0.2, 0) is 5.75 Å². The molecule has 0 aliphatic rings. The molecule has 21 heavy (non-hydrogen) atoms. The van der Waals surface area contributed by atoms with E-state index in [1.165, 1.54) is 16.7 Å². The van der Waals surface area contributed by atoms with Gasteiger partial charge < -0.3 is 0 Å². The number of aromatic nitrogens is 4. The fourth-order valence-electron chi connectivity index (χ4n) is 1.88. The van der Waals surface area contributed by atoms with Crippen molar-refractivity contribution in [3.63, 3.8) is 0 Å². The lowest BCUT2D eigenvalue weighted by atomic mass is 10.2. The zero-order chi connectivity index (χ0) is 14.7. The molecule has 0 bridgehead atoms. The van der Waals surface area contributed by atoms with Crippen molar-refractivity contribution in [1.29, 1.82) is 0 Å². The smallest absolute Gasteiger partial charge is 0.130 e. The number of hydrogen-bond donors (Lipinski definition) is 0. The van der Waals surface area contributed by atoms with Gasteiger partial charge in [-0.2, -0.15) is 0 Å². The van der Waals surface area contributed by atoms with Crippen LogP contribution in [0.4, 0.5) is 0 Å². The molecule has 0 saturated carbocycles. The summed E-state index contributed by atoms with van der Waals surface area (Å²) in [5, 5.41) is 13.3.